The summed E-state index contributed by atoms with van der Waals surface area (Å²) in [5.41, 5.74) is 4.23. The Labute approximate surface area is 204 Å². The molecule has 0 aliphatic carbocycles. The third-order valence-electron chi connectivity index (χ3n) is 6.96. The number of hydrogen-bond acceptors (Lipinski definition) is 6. The minimum absolute atomic E-state index is 0.125. The molecule has 0 aromatic heterocycles. The van der Waals surface area contributed by atoms with E-state index in [-0.39, 0.29) is 24.1 Å². The van der Waals surface area contributed by atoms with Crippen molar-refractivity contribution in [1.82, 2.24) is 20.0 Å². The summed E-state index contributed by atoms with van der Waals surface area (Å²) in [5, 5.41) is 2.36. The van der Waals surface area contributed by atoms with Gasteiger partial charge in [-0.05, 0) is 42.3 Å². The second-order valence-electron chi connectivity index (χ2n) is 9.37. The molecule has 3 heterocycles. The van der Waals surface area contributed by atoms with Crippen LogP contribution in [0.2, 0.25) is 0 Å². The molecule has 1 atom stereocenters. The normalized spacial score (nSPS) is 21.6. The van der Waals surface area contributed by atoms with Crippen LogP contribution in [0.5, 0.6) is 0 Å². The Kier molecular flexibility index (Phi) is 6.72. The van der Waals surface area contributed by atoms with Crippen LogP contribution in [0, 0.1) is 0 Å². The van der Waals surface area contributed by atoms with Crippen molar-refractivity contribution in [2.45, 2.75) is 42.6 Å². The summed E-state index contributed by atoms with van der Waals surface area (Å²) in [6.45, 7) is 5.88. The minimum atomic E-state index is -0.580. The summed E-state index contributed by atoms with van der Waals surface area (Å²) in [7, 11) is 2.17. The number of nitrogens with one attached hydrogen (secondary N) is 1. The van der Waals surface area contributed by atoms with Gasteiger partial charge in [0.05, 0.1) is 0 Å². The van der Waals surface area contributed by atoms with E-state index in [4.69, 9.17) is 0 Å². The maximum absolute atomic E-state index is 13.0. The number of hydrogen-bond donors (Lipinski definition) is 1. The quantitative estimate of drug-likeness (QED) is 0.508. The summed E-state index contributed by atoms with van der Waals surface area (Å²) in [6, 6.07) is 14.0. The summed E-state index contributed by atoms with van der Waals surface area (Å²) in [6.07, 6.45) is 0.649. The number of thioether (sulfide) groups is 1. The second kappa shape index (κ2) is 9.90. The van der Waals surface area contributed by atoms with Crippen LogP contribution >= 0.6 is 11.8 Å². The molecule has 3 aliphatic heterocycles. The molecule has 0 spiro atoms. The molecule has 2 fully saturated rings. The van der Waals surface area contributed by atoms with Gasteiger partial charge in [0.1, 0.15) is 6.04 Å². The Balaban J connectivity index is 1.21. The monoisotopic (exact) mass is 478 g/mol. The highest BCUT2D eigenvalue weighted by Gasteiger charge is 2.39. The molecule has 0 saturated carbocycles. The Morgan fingerprint density at radius 1 is 0.971 bits per heavy atom. The fourth-order valence-electron chi connectivity index (χ4n) is 4.86. The first-order valence-corrected chi connectivity index (χ1v) is 12.8. The van der Waals surface area contributed by atoms with Crippen molar-refractivity contribution in [3.8, 4) is 0 Å². The number of carbonyl (C=O) groups excluding carboxylic acids is 3. The van der Waals surface area contributed by atoms with Crippen molar-refractivity contribution in [3.05, 3.63) is 64.7 Å². The van der Waals surface area contributed by atoms with Gasteiger partial charge >= 0.3 is 0 Å². The molecule has 1 N–H and O–H groups in total. The summed E-state index contributed by atoms with van der Waals surface area (Å²) < 4.78 is 0. The van der Waals surface area contributed by atoms with Gasteiger partial charge in [0.15, 0.2) is 0 Å². The smallest absolute Gasteiger partial charge is 0.255 e. The predicted octanol–water partition coefficient (Wildman–Crippen LogP) is 2.49. The van der Waals surface area contributed by atoms with Gasteiger partial charge in [0, 0.05) is 61.9 Å². The van der Waals surface area contributed by atoms with Gasteiger partial charge in [0.2, 0.25) is 11.8 Å². The molecule has 3 amide bonds. The van der Waals surface area contributed by atoms with Crippen LogP contribution in [0.4, 0.5) is 0 Å². The average molecular weight is 479 g/mol. The zero-order valence-corrected chi connectivity index (χ0v) is 20.3. The minimum Gasteiger partial charge on any atom is -0.322 e. The molecule has 5 rings (SSSR count). The lowest BCUT2D eigenvalue weighted by molar-refractivity contribution is -0.136. The van der Waals surface area contributed by atoms with Gasteiger partial charge in [-0.3, -0.25) is 24.6 Å². The number of fused-ring (bicyclic) bond motifs is 1. The third-order valence-corrected chi connectivity index (χ3v) is 8.13. The van der Waals surface area contributed by atoms with Crippen LogP contribution in [-0.2, 0) is 28.4 Å². The van der Waals surface area contributed by atoms with E-state index in [1.54, 1.807) is 16.7 Å². The van der Waals surface area contributed by atoms with Gasteiger partial charge in [-0.25, -0.2) is 0 Å². The largest absolute Gasteiger partial charge is 0.322 e. The number of nitrogens with zero attached hydrogens (tertiary/aromatic N) is 3. The van der Waals surface area contributed by atoms with E-state index in [9.17, 15) is 14.4 Å². The van der Waals surface area contributed by atoms with Crippen molar-refractivity contribution in [1.29, 1.82) is 0 Å². The van der Waals surface area contributed by atoms with Crippen LogP contribution in [0.15, 0.2) is 47.4 Å². The number of rotatable bonds is 6. The number of carbonyl (C=O) groups is 3. The standard InChI is InChI=1S/C26H30N4O3S/c1-28-11-13-29(14-12-28)15-18-5-7-19(8-6-18)17-34-23-4-2-3-20-21(23)16-30(26(20)33)22-9-10-24(31)27-25(22)32/h2-8,22H,9-17H2,1H3,(H,27,31,32). The Morgan fingerprint density at radius 3 is 2.44 bits per heavy atom. The van der Waals surface area contributed by atoms with Gasteiger partial charge < -0.3 is 9.80 Å². The van der Waals surface area contributed by atoms with Crippen LogP contribution in [-0.4, -0.2) is 71.7 Å². The van der Waals surface area contributed by atoms with E-state index in [2.05, 4.69) is 46.4 Å². The van der Waals surface area contributed by atoms with Gasteiger partial charge in [-0.15, -0.1) is 11.8 Å². The molecule has 0 bridgehead atoms. The van der Waals surface area contributed by atoms with Crippen molar-refractivity contribution < 1.29 is 14.4 Å². The second-order valence-corrected chi connectivity index (χ2v) is 10.4. The highest BCUT2D eigenvalue weighted by Crippen LogP contribution is 2.35. The first kappa shape index (κ1) is 23.1. The molecule has 8 heteroatoms. The summed E-state index contributed by atoms with van der Waals surface area (Å²) in [5.74, 6) is 0.0531. The zero-order chi connectivity index (χ0) is 23.7. The lowest BCUT2D eigenvalue weighted by atomic mass is 10.0. The Bertz CT molecular complexity index is 1100. The third kappa shape index (κ3) is 4.89. The maximum atomic E-state index is 13.0. The molecule has 2 saturated heterocycles. The molecule has 7 nitrogen and oxygen atoms in total. The summed E-state index contributed by atoms with van der Waals surface area (Å²) >= 11 is 1.72. The van der Waals surface area contributed by atoms with E-state index in [0.717, 1.165) is 48.9 Å². The van der Waals surface area contributed by atoms with E-state index in [0.29, 0.717) is 18.5 Å². The maximum Gasteiger partial charge on any atom is 0.255 e. The molecule has 2 aromatic carbocycles. The van der Waals surface area contributed by atoms with Crippen LogP contribution < -0.4 is 5.32 Å². The number of imide groups is 1. The van der Waals surface area contributed by atoms with Crippen LogP contribution in [0.3, 0.4) is 0 Å². The molecule has 34 heavy (non-hydrogen) atoms. The SMILES string of the molecule is CN1CCN(Cc2ccc(CSc3cccc4c3CN(C3CCC(=O)NC3=O)C4=O)cc2)CC1. The lowest BCUT2D eigenvalue weighted by Crippen LogP contribution is -2.52. The molecule has 3 aliphatic rings. The lowest BCUT2D eigenvalue weighted by Gasteiger charge is -2.32. The number of likely N-dealkylation sites (N-methyl/N-ethyl adjacent to an activating group) is 1. The van der Waals surface area contributed by atoms with Crippen molar-refractivity contribution in [3.63, 3.8) is 0 Å². The summed E-state index contributed by atoms with van der Waals surface area (Å²) in [4.78, 5) is 44.4. The Hall–Kier alpha value is -2.68. The van der Waals surface area contributed by atoms with Crippen molar-refractivity contribution in [2.75, 3.05) is 33.2 Å². The van der Waals surface area contributed by atoms with E-state index in [1.807, 2.05) is 18.2 Å². The van der Waals surface area contributed by atoms with Crippen LogP contribution in [0.1, 0.15) is 39.9 Å². The number of piperazine rings is 1. The Morgan fingerprint density at radius 2 is 1.71 bits per heavy atom. The highest BCUT2D eigenvalue weighted by molar-refractivity contribution is 7.98. The number of piperidine rings is 1. The molecular formula is C26H30N4O3S. The van der Waals surface area contributed by atoms with Gasteiger partial charge in [-0.1, -0.05) is 30.3 Å². The number of amides is 3. The average Bonchev–Trinajstić information content (AvgIpc) is 3.17. The predicted molar refractivity (Wildman–Crippen MR) is 131 cm³/mol. The fraction of sp³-hybridized carbons (Fsp3) is 0.423. The zero-order valence-electron chi connectivity index (χ0n) is 19.5. The molecular weight excluding hydrogens is 448 g/mol. The van der Waals surface area contributed by atoms with Gasteiger partial charge in [0.25, 0.3) is 5.91 Å². The van der Waals surface area contributed by atoms with E-state index < -0.39 is 6.04 Å². The number of benzene rings is 2. The van der Waals surface area contributed by atoms with Crippen LogP contribution in [0.25, 0.3) is 0 Å². The van der Waals surface area contributed by atoms with Gasteiger partial charge in [-0.2, -0.15) is 0 Å². The fourth-order valence-corrected chi connectivity index (χ4v) is 5.90. The van der Waals surface area contributed by atoms with E-state index in [1.165, 1.54) is 11.1 Å². The molecule has 178 valence electrons. The highest BCUT2D eigenvalue weighted by atomic mass is 32.2. The molecule has 0 radical (unpaired) electrons. The van der Waals surface area contributed by atoms with Crippen molar-refractivity contribution >= 4 is 29.5 Å². The van der Waals surface area contributed by atoms with E-state index >= 15 is 0 Å². The first-order chi connectivity index (χ1) is 16.5. The first-order valence-electron chi connectivity index (χ1n) is 11.9. The van der Waals surface area contributed by atoms with Crippen molar-refractivity contribution in [2.24, 2.45) is 0 Å². The molecule has 2 aromatic rings. The molecule has 1 unspecified atom stereocenters. The topological polar surface area (TPSA) is 73.0 Å².